The zero-order chi connectivity index (χ0) is 9.14. The lowest BCUT2D eigenvalue weighted by atomic mass is 9.93. The lowest BCUT2D eigenvalue weighted by Gasteiger charge is -2.16. The average molecular weight is 170 g/mol. The first-order chi connectivity index (χ1) is 5.65. The molecule has 4 heteroatoms. The monoisotopic (exact) mass is 170 g/mol. The fourth-order valence-corrected chi connectivity index (χ4v) is 1.12. The predicted octanol–water partition coefficient (Wildman–Crippen LogP) is 0.580. The third-order valence-electron chi connectivity index (χ3n) is 1.81. The van der Waals surface area contributed by atoms with Crippen molar-refractivity contribution in [2.24, 2.45) is 5.92 Å². The average Bonchev–Trinajstić information content (AvgIpc) is 2.08. The number of esters is 1. The normalized spacial score (nSPS) is 23.2. The van der Waals surface area contributed by atoms with Crippen LogP contribution in [0.15, 0.2) is 11.8 Å². The molecule has 1 rings (SSSR count). The van der Waals surface area contributed by atoms with Crippen molar-refractivity contribution in [3.63, 3.8) is 0 Å². The van der Waals surface area contributed by atoms with Crippen LogP contribution in [-0.4, -0.2) is 24.0 Å². The van der Waals surface area contributed by atoms with Gasteiger partial charge in [0.1, 0.15) is 17.5 Å². The van der Waals surface area contributed by atoms with E-state index in [1.54, 1.807) is 0 Å². The van der Waals surface area contributed by atoms with Crippen LogP contribution in [-0.2, 0) is 14.3 Å². The van der Waals surface area contributed by atoms with Gasteiger partial charge in [-0.25, -0.2) is 0 Å². The number of hydrogen-bond donors (Lipinski definition) is 1. The summed E-state index contributed by atoms with van der Waals surface area (Å²) in [6.07, 6.45) is 1.61. The molecule has 0 amide bonds. The highest BCUT2D eigenvalue weighted by atomic mass is 16.5. The molecule has 4 nitrogen and oxygen atoms in total. The molecule has 0 aliphatic heterocycles. The molecule has 66 valence electrons. The van der Waals surface area contributed by atoms with E-state index in [1.165, 1.54) is 13.2 Å². The summed E-state index contributed by atoms with van der Waals surface area (Å²) >= 11 is 0. The van der Waals surface area contributed by atoms with Crippen molar-refractivity contribution < 1.29 is 19.4 Å². The number of ketones is 1. The quantitative estimate of drug-likeness (QED) is 0.584. The van der Waals surface area contributed by atoms with Crippen molar-refractivity contribution in [1.29, 1.82) is 0 Å². The minimum atomic E-state index is -0.781. The Bertz CT molecular complexity index is 241. The number of aliphatic hydroxyl groups is 1. The smallest absolute Gasteiger partial charge is 0.316 e. The molecule has 0 spiro atoms. The zero-order valence-electron chi connectivity index (χ0n) is 6.74. The molecule has 1 aliphatic carbocycles. The van der Waals surface area contributed by atoms with Gasteiger partial charge in [-0.05, 0) is 6.08 Å². The third-order valence-corrected chi connectivity index (χ3v) is 1.81. The molecular formula is C8H10O4. The van der Waals surface area contributed by atoms with Crippen molar-refractivity contribution >= 4 is 11.8 Å². The summed E-state index contributed by atoms with van der Waals surface area (Å²) in [5.41, 5.74) is 0. The summed E-state index contributed by atoms with van der Waals surface area (Å²) in [4.78, 5) is 21.8. The predicted molar refractivity (Wildman–Crippen MR) is 40.5 cm³/mol. The van der Waals surface area contributed by atoms with E-state index in [9.17, 15) is 14.7 Å². The molecule has 0 fully saturated rings. The molecule has 0 saturated heterocycles. The molecule has 0 aromatic heterocycles. The molecule has 0 aromatic rings. The third kappa shape index (κ3) is 1.64. The van der Waals surface area contributed by atoms with Gasteiger partial charge >= 0.3 is 5.97 Å². The summed E-state index contributed by atoms with van der Waals surface area (Å²) in [6, 6.07) is 0. The standard InChI is InChI=1S/C8H10O4/c1-12-8(11)6-4-5(9)2-3-7(6)10/h3,6,10H,2,4H2,1H3. The maximum absolute atomic E-state index is 10.9. The van der Waals surface area contributed by atoms with E-state index < -0.39 is 11.9 Å². The number of carbonyl (C=O) groups is 2. The van der Waals surface area contributed by atoms with Gasteiger partial charge in [0.25, 0.3) is 0 Å². The minimum absolute atomic E-state index is 0.0506. The molecule has 1 aliphatic rings. The van der Waals surface area contributed by atoms with Crippen LogP contribution in [0.1, 0.15) is 12.8 Å². The lowest BCUT2D eigenvalue weighted by molar-refractivity contribution is -0.147. The number of rotatable bonds is 1. The number of allylic oxidation sites excluding steroid dienone is 1. The second kappa shape index (κ2) is 3.38. The second-order valence-electron chi connectivity index (χ2n) is 2.65. The van der Waals surface area contributed by atoms with Crippen LogP contribution in [0.5, 0.6) is 0 Å². The maximum Gasteiger partial charge on any atom is 0.316 e. The summed E-state index contributed by atoms with van der Waals surface area (Å²) in [5, 5.41) is 9.20. The minimum Gasteiger partial charge on any atom is -0.512 e. The molecule has 12 heavy (non-hydrogen) atoms. The molecule has 0 saturated carbocycles. The van der Waals surface area contributed by atoms with Crippen LogP contribution in [0, 0.1) is 5.92 Å². The van der Waals surface area contributed by atoms with Gasteiger partial charge in [-0.3, -0.25) is 9.59 Å². The molecule has 1 unspecified atom stereocenters. The number of hydrogen-bond acceptors (Lipinski definition) is 4. The van der Waals surface area contributed by atoms with E-state index in [-0.39, 0.29) is 24.4 Å². The number of carbonyl (C=O) groups excluding carboxylic acids is 2. The van der Waals surface area contributed by atoms with Crippen LogP contribution in [0.2, 0.25) is 0 Å². The topological polar surface area (TPSA) is 63.6 Å². The summed E-state index contributed by atoms with van der Waals surface area (Å²) < 4.78 is 4.42. The van der Waals surface area contributed by atoms with E-state index >= 15 is 0 Å². The van der Waals surface area contributed by atoms with Gasteiger partial charge in [0.2, 0.25) is 0 Å². The number of methoxy groups -OCH3 is 1. The molecule has 0 radical (unpaired) electrons. The first kappa shape index (κ1) is 8.77. The van der Waals surface area contributed by atoms with Gasteiger partial charge in [-0.1, -0.05) is 0 Å². The van der Waals surface area contributed by atoms with E-state index in [1.807, 2.05) is 0 Å². The van der Waals surface area contributed by atoms with Gasteiger partial charge in [0, 0.05) is 12.8 Å². The summed E-state index contributed by atoms with van der Waals surface area (Å²) in [7, 11) is 1.23. The maximum atomic E-state index is 10.9. The van der Waals surface area contributed by atoms with Crippen molar-refractivity contribution in [3.05, 3.63) is 11.8 Å². The summed E-state index contributed by atoms with van der Waals surface area (Å²) in [6.45, 7) is 0. The van der Waals surface area contributed by atoms with E-state index in [0.29, 0.717) is 0 Å². The molecular weight excluding hydrogens is 160 g/mol. The Morgan fingerprint density at radius 2 is 2.42 bits per heavy atom. The Morgan fingerprint density at radius 3 is 3.00 bits per heavy atom. The van der Waals surface area contributed by atoms with Crippen molar-refractivity contribution in [1.82, 2.24) is 0 Å². The lowest BCUT2D eigenvalue weighted by Crippen LogP contribution is -2.24. The number of ether oxygens (including phenoxy) is 1. The van der Waals surface area contributed by atoms with Crippen LogP contribution < -0.4 is 0 Å². The molecule has 1 atom stereocenters. The van der Waals surface area contributed by atoms with E-state index in [0.717, 1.165) is 0 Å². The van der Waals surface area contributed by atoms with Gasteiger partial charge in [-0.2, -0.15) is 0 Å². The van der Waals surface area contributed by atoms with E-state index in [2.05, 4.69) is 4.74 Å². The first-order valence-electron chi connectivity index (χ1n) is 3.63. The van der Waals surface area contributed by atoms with E-state index in [4.69, 9.17) is 0 Å². The highest BCUT2D eigenvalue weighted by Crippen LogP contribution is 2.21. The Kier molecular flexibility index (Phi) is 2.47. The molecule has 0 heterocycles. The Hall–Kier alpha value is -1.32. The molecule has 0 bridgehead atoms. The second-order valence-corrected chi connectivity index (χ2v) is 2.65. The SMILES string of the molecule is COC(=O)C1CC(=O)CC=C1O. The van der Waals surface area contributed by atoms with Crippen LogP contribution in [0.25, 0.3) is 0 Å². The van der Waals surface area contributed by atoms with Crippen molar-refractivity contribution in [3.8, 4) is 0 Å². The van der Waals surface area contributed by atoms with Crippen LogP contribution >= 0.6 is 0 Å². The van der Waals surface area contributed by atoms with Crippen LogP contribution in [0.3, 0.4) is 0 Å². The largest absolute Gasteiger partial charge is 0.512 e. The first-order valence-corrected chi connectivity index (χ1v) is 3.63. The highest BCUT2D eigenvalue weighted by molar-refractivity contribution is 5.88. The van der Waals surface area contributed by atoms with Crippen LogP contribution in [0.4, 0.5) is 0 Å². The number of aliphatic hydroxyl groups excluding tert-OH is 1. The fraction of sp³-hybridized carbons (Fsp3) is 0.500. The van der Waals surface area contributed by atoms with Gasteiger partial charge < -0.3 is 9.84 Å². The zero-order valence-corrected chi connectivity index (χ0v) is 6.74. The highest BCUT2D eigenvalue weighted by Gasteiger charge is 2.29. The Labute approximate surface area is 69.8 Å². The van der Waals surface area contributed by atoms with Crippen molar-refractivity contribution in [2.45, 2.75) is 12.8 Å². The molecule has 1 N–H and O–H groups in total. The van der Waals surface area contributed by atoms with Gasteiger partial charge in [-0.15, -0.1) is 0 Å². The van der Waals surface area contributed by atoms with Crippen molar-refractivity contribution in [2.75, 3.05) is 7.11 Å². The number of Topliss-reactive ketones (excluding diaryl/α,β-unsaturated/α-hetero) is 1. The Balaban J connectivity index is 2.76. The Morgan fingerprint density at radius 1 is 1.75 bits per heavy atom. The summed E-state index contributed by atoms with van der Waals surface area (Å²) in [5.74, 6) is -1.45. The van der Waals surface area contributed by atoms with Gasteiger partial charge in [0.15, 0.2) is 0 Å². The molecule has 0 aromatic carbocycles. The fourth-order valence-electron chi connectivity index (χ4n) is 1.12. The van der Waals surface area contributed by atoms with Gasteiger partial charge in [0.05, 0.1) is 7.11 Å².